The molecule has 3 aromatic carbocycles. The smallest absolute Gasteiger partial charge is 0.163 e. The summed E-state index contributed by atoms with van der Waals surface area (Å²) in [6.45, 7) is 3.80. The van der Waals surface area contributed by atoms with Gasteiger partial charge in [0.1, 0.15) is 18.2 Å². The predicted molar refractivity (Wildman–Crippen MR) is 125 cm³/mol. The molecule has 0 unspecified atom stereocenters. The first kappa shape index (κ1) is 22.1. The molecule has 0 aliphatic rings. The normalized spacial score (nSPS) is 11.1. The number of hydrogen-bond acceptors (Lipinski definition) is 4. The molecule has 0 aliphatic carbocycles. The lowest BCUT2D eigenvalue weighted by atomic mass is 10.2. The first-order valence-electron chi connectivity index (χ1n) is 10.6. The number of ether oxygens (including phenoxy) is 2. The highest BCUT2D eigenvalue weighted by atomic mass is 35.5. The van der Waals surface area contributed by atoms with Gasteiger partial charge >= 0.3 is 0 Å². The Morgan fingerprint density at radius 2 is 1.78 bits per heavy atom. The first-order chi connectivity index (χ1) is 15.6. The predicted octanol–water partition coefficient (Wildman–Crippen LogP) is 5.67. The van der Waals surface area contributed by atoms with Gasteiger partial charge in [0.15, 0.2) is 11.5 Å². The van der Waals surface area contributed by atoms with Crippen LogP contribution in [0, 0.1) is 5.82 Å². The maximum atomic E-state index is 13.9. The highest BCUT2D eigenvalue weighted by Gasteiger charge is 2.13. The number of benzene rings is 3. The molecule has 1 aromatic heterocycles. The summed E-state index contributed by atoms with van der Waals surface area (Å²) in [5.41, 5.74) is 3.39. The molecule has 0 fully saturated rings. The SMILES string of the molecule is CCOc1cc(CNCCc2nc3ccccc3[nH]2)c(Cl)cc1OCc1ccccc1F. The van der Waals surface area contributed by atoms with Crippen molar-refractivity contribution in [1.82, 2.24) is 15.3 Å². The zero-order valence-electron chi connectivity index (χ0n) is 17.8. The second-order valence-corrected chi connectivity index (χ2v) is 7.74. The van der Waals surface area contributed by atoms with Gasteiger partial charge in [0.05, 0.1) is 17.6 Å². The van der Waals surface area contributed by atoms with Crippen LogP contribution in [0.1, 0.15) is 23.9 Å². The van der Waals surface area contributed by atoms with Crippen molar-refractivity contribution >= 4 is 22.6 Å². The standard InChI is InChI=1S/C25H25ClFN3O2/c1-2-31-23-13-18(15-28-12-11-25-29-21-9-5-6-10-22(21)30-25)19(26)14-24(23)32-16-17-7-3-4-8-20(17)27/h3-10,13-14,28H,2,11-12,15-16H2,1H3,(H,29,30). The van der Waals surface area contributed by atoms with Gasteiger partial charge in [-0.25, -0.2) is 9.37 Å². The summed E-state index contributed by atoms with van der Waals surface area (Å²) >= 11 is 6.50. The van der Waals surface area contributed by atoms with Gasteiger partial charge in [0, 0.05) is 36.2 Å². The van der Waals surface area contributed by atoms with Crippen LogP contribution in [-0.2, 0) is 19.6 Å². The van der Waals surface area contributed by atoms with Crippen LogP contribution in [-0.4, -0.2) is 23.1 Å². The molecule has 0 radical (unpaired) electrons. The van der Waals surface area contributed by atoms with Gasteiger partial charge in [-0.05, 0) is 36.8 Å². The minimum atomic E-state index is -0.304. The van der Waals surface area contributed by atoms with Crippen LogP contribution >= 0.6 is 11.6 Å². The summed E-state index contributed by atoms with van der Waals surface area (Å²) in [6.07, 6.45) is 0.772. The quantitative estimate of drug-likeness (QED) is 0.304. The number of fused-ring (bicyclic) bond motifs is 1. The number of nitrogens with one attached hydrogen (secondary N) is 2. The second-order valence-electron chi connectivity index (χ2n) is 7.33. The largest absolute Gasteiger partial charge is 0.490 e. The molecule has 0 spiro atoms. The molecule has 0 amide bonds. The highest BCUT2D eigenvalue weighted by molar-refractivity contribution is 6.31. The molecule has 5 nitrogen and oxygen atoms in total. The van der Waals surface area contributed by atoms with Crippen molar-refractivity contribution in [2.24, 2.45) is 0 Å². The molecule has 7 heteroatoms. The number of aromatic amines is 1. The zero-order chi connectivity index (χ0) is 22.3. The molecule has 4 aromatic rings. The molecule has 4 rings (SSSR count). The summed E-state index contributed by atoms with van der Waals surface area (Å²) < 4.78 is 25.5. The number of rotatable bonds is 10. The van der Waals surface area contributed by atoms with E-state index in [9.17, 15) is 4.39 Å². The Morgan fingerprint density at radius 3 is 2.59 bits per heavy atom. The van der Waals surface area contributed by atoms with E-state index in [-0.39, 0.29) is 12.4 Å². The fourth-order valence-electron chi connectivity index (χ4n) is 3.42. The maximum Gasteiger partial charge on any atom is 0.163 e. The molecule has 0 atom stereocenters. The topological polar surface area (TPSA) is 59.2 Å². The lowest BCUT2D eigenvalue weighted by molar-refractivity contribution is 0.265. The molecule has 0 aliphatic heterocycles. The fourth-order valence-corrected chi connectivity index (χ4v) is 3.64. The second kappa shape index (κ2) is 10.5. The molecule has 0 bridgehead atoms. The van der Waals surface area contributed by atoms with Crippen molar-refractivity contribution in [3.63, 3.8) is 0 Å². The van der Waals surface area contributed by atoms with Crippen LogP contribution in [0.5, 0.6) is 11.5 Å². The molecule has 32 heavy (non-hydrogen) atoms. The van der Waals surface area contributed by atoms with E-state index in [4.69, 9.17) is 21.1 Å². The Bertz CT molecular complexity index is 1160. The third kappa shape index (κ3) is 5.39. The molecule has 0 saturated carbocycles. The van der Waals surface area contributed by atoms with Crippen LogP contribution in [0.2, 0.25) is 5.02 Å². The van der Waals surface area contributed by atoms with Crippen LogP contribution < -0.4 is 14.8 Å². The summed E-state index contributed by atoms with van der Waals surface area (Å²) in [4.78, 5) is 7.92. The van der Waals surface area contributed by atoms with Crippen molar-refractivity contribution in [3.8, 4) is 11.5 Å². The Morgan fingerprint density at radius 1 is 1.00 bits per heavy atom. The van der Waals surface area contributed by atoms with Crippen molar-refractivity contribution in [1.29, 1.82) is 0 Å². The van der Waals surface area contributed by atoms with Gasteiger partial charge in [-0.2, -0.15) is 0 Å². The number of H-pyrrole nitrogens is 1. The van der Waals surface area contributed by atoms with Gasteiger partial charge in [0.2, 0.25) is 0 Å². The monoisotopic (exact) mass is 453 g/mol. The van der Waals surface area contributed by atoms with Gasteiger partial charge in [-0.3, -0.25) is 0 Å². The summed E-state index contributed by atoms with van der Waals surface area (Å²) in [5.74, 6) is 1.71. The van der Waals surface area contributed by atoms with Crippen molar-refractivity contribution < 1.29 is 13.9 Å². The number of aromatic nitrogens is 2. The van der Waals surface area contributed by atoms with E-state index < -0.39 is 0 Å². The number of para-hydroxylation sites is 2. The van der Waals surface area contributed by atoms with E-state index in [0.29, 0.717) is 35.2 Å². The minimum absolute atomic E-state index is 0.0954. The fraction of sp³-hybridized carbons (Fsp3) is 0.240. The lowest BCUT2D eigenvalue weighted by Crippen LogP contribution is -2.17. The van der Waals surface area contributed by atoms with E-state index in [1.165, 1.54) is 6.07 Å². The summed E-state index contributed by atoms with van der Waals surface area (Å²) in [7, 11) is 0. The van der Waals surface area contributed by atoms with Crippen molar-refractivity contribution in [2.75, 3.05) is 13.2 Å². The molecule has 166 valence electrons. The average Bonchev–Trinajstić information content (AvgIpc) is 3.21. The third-order valence-corrected chi connectivity index (χ3v) is 5.40. The molecule has 0 saturated heterocycles. The van der Waals surface area contributed by atoms with Crippen LogP contribution in [0.3, 0.4) is 0 Å². The Hall–Kier alpha value is -3.09. The number of imidazole rings is 1. The third-order valence-electron chi connectivity index (χ3n) is 5.05. The molecular weight excluding hydrogens is 429 g/mol. The number of nitrogens with zero attached hydrogens (tertiary/aromatic N) is 1. The minimum Gasteiger partial charge on any atom is -0.490 e. The maximum absolute atomic E-state index is 13.9. The van der Waals surface area contributed by atoms with E-state index in [1.807, 2.05) is 37.3 Å². The molecular formula is C25H25ClFN3O2. The Kier molecular flexibility index (Phi) is 7.24. The zero-order valence-corrected chi connectivity index (χ0v) is 18.6. The Balaban J connectivity index is 1.37. The van der Waals surface area contributed by atoms with E-state index in [0.717, 1.165) is 35.4 Å². The van der Waals surface area contributed by atoms with Crippen LogP contribution in [0.4, 0.5) is 4.39 Å². The summed E-state index contributed by atoms with van der Waals surface area (Å²) in [6, 6.07) is 18.1. The highest BCUT2D eigenvalue weighted by Crippen LogP contribution is 2.34. The van der Waals surface area contributed by atoms with E-state index in [1.54, 1.807) is 24.3 Å². The molecule has 2 N–H and O–H groups in total. The average molecular weight is 454 g/mol. The van der Waals surface area contributed by atoms with Crippen LogP contribution in [0.25, 0.3) is 11.0 Å². The molecule has 1 heterocycles. The van der Waals surface area contributed by atoms with Crippen LogP contribution in [0.15, 0.2) is 60.7 Å². The Labute approximate surface area is 191 Å². The van der Waals surface area contributed by atoms with E-state index in [2.05, 4.69) is 15.3 Å². The first-order valence-corrected chi connectivity index (χ1v) is 11.0. The van der Waals surface area contributed by atoms with Gasteiger partial charge in [0.25, 0.3) is 0 Å². The van der Waals surface area contributed by atoms with E-state index >= 15 is 0 Å². The van der Waals surface area contributed by atoms with Crippen molar-refractivity contribution in [2.45, 2.75) is 26.5 Å². The lowest BCUT2D eigenvalue weighted by Gasteiger charge is -2.15. The van der Waals surface area contributed by atoms with Gasteiger partial charge in [-0.1, -0.05) is 41.9 Å². The summed E-state index contributed by atoms with van der Waals surface area (Å²) in [5, 5.41) is 3.96. The van der Waals surface area contributed by atoms with Gasteiger partial charge < -0.3 is 19.8 Å². The number of hydrogen-bond donors (Lipinski definition) is 2. The van der Waals surface area contributed by atoms with Gasteiger partial charge in [-0.15, -0.1) is 0 Å². The number of halogens is 2. The van der Waals surface area contributed by atoms with Crippen molar-refractivity contribution in [3.05, 3.63) is 88.5 Å².